The minimum Gasteiger partial charge on any atom is -0.497 e. The molecule has 0 spiro atoms. The highest BCUT2D eigenvalue weighted by Gasteiger charge is 2.10. The van der Waals surface area contributed by atoms with Crippen LogP contribution in [0.4, 0.5) is 5.69 Å². The summed E-state index contributed by atoms with van der Waals surface area (Å²) in [5.74, 6) is 2.28. The van der Waals surface area contributed by atoms with Gasteiger partial charge in [-0.25, -0.2) is 4.98 Å². The predicted octanol–water partition coefficient (Wildman–Crippen LogP) is 3.95. The molecule has 1 heterocycles. The molecular formula is C18H17N3O3S2. The van der Waals surface area contributed by atoms with Crippen molar-refractivity contribution < 1.29 is 14.3 Å². The van der Waals surface area contributed by atoms with Gasteiger partial charge in [-0.3, -0.25) is 4.79 Å². The van der Waals surface area contributed by atoms with Crippen LogP contribution < -0.4 is 14.8 Å². The van der Waals surface area contributed by atoms with Gasteiger partial charge in [0.25, 0.3) is 0 Å². The quantitative estimate of drug-likeness (QED) is 0.619. The number of carbonyl (C=O) groups excluding carboxylic acids is 1. The summed E-state index contributed by atoms with van der Waals surface area (Å²) in [5.41, 5.74) is 1.61. The van der Waals surface area contributed by atoms with Crippen LogP contribution in [0.2, 0.25) is 0 Å². The topological polar surface area (TPSA) is 73.3 Å². The first-order chi connectivity index (χ1) is 12.7. The summed E-state index contributed by atoms with van der Waals surface area (Å²) in [6.45, 7) is 0. The fraction of sp³-hybridized carbons (Fsp3) is 0.167. The van der Waals surface area contributed by atoms with E-state index >= 15 is 0 Å². The van der Waals surface area contributed by atoms with Crippen LogP contribution in [0.5, 0.6) is 11.5 Å². The average Bonchev–Trinajstić information content (AvgIpc) is 3.15. The van der Waals surface area contributed by atoms with Gasteiger partial charge in [-0.15, -0.1) is 0 Å². The van der Waals surface area contributed by atoms with Crippen LogP contribution in [0.3, 0.4) is 0 Å². The molecule has 0 unspecified atom stereocenters. The Morgan fingerprint density at radius 2 is 1.88 bits per heavy atom. The number of nitrogens with zero attached hydrogens (tertiary/aromatic N) is 2. The Kier molecular flexibility index (Phi) is 6.08. The molecule has 0 fully saturated rings. The zero-order chi connectivity index (χ0) is 18.4. The van der Waals surface area contributed by atoms with Crippen molar-refractivity contribution in [3.05, 3.63) is 48.5 Å². The van der Waals surface area contributed by atoms with Crippen LogP contribution in [0, 0.1) is 0 Å². The van der Waals surface area contributed by atoms with E-state index in [-0.39, 0.29) is 11.7 Å². The molecule has 2 aromatic carbocycles. The van der Waals surface area contributed by atoms with Gasteiger partial charge in [-0.05, 0) is 47.9 Å². The van der Waals surface area contributed by atoms with Gasteiger partial charge in [-0.1, -0.05) is 17.8 Å². The zero-order valence-electron chi connectivity index (χ0n) is 14.3. The Morgan fingerprint density at radius 3 is 2.62 bits per heavy atom. The van der Waals surface area contributed by atoms with E-state index in [2.05, 4.69) is 14.7 Å². The van der Waals surface area contributed by atoms with E-state index in [0.29, 0.717) is 17.3 Å². The fourth-order valence-electron chi connectivity index (χ4n) is 2.15. The van der Waals surface area contributed by atoms with Crippen LogP contribution >= 0.6 is 23.3 Å². The number of methoxy groups -OCH3 is 2. The molecule has 0 aliphatic carbocycles. The van der Waals surface area contributed by atoms with E-state index < -0.39 is 0 Å². The number of anilines is 1. The predicted molar refractivity (Wildman–Crippen MR) is 104 cm³/mol. The van der Waals surface area contributed by atoms with E-state index in [1.807, 2.05) is 42.5 Å². The molecule has 0 radical (unpaired) electrons. The van der Waals surface area contributed by atoms with Gasteiger partial charge in [0, 0.05) is 17.3 Å². The molecule has 1 amide bonds. The lowest BCUT2D eigenvalue weighted by Crippen LogP contribution is -2.13. The Labute approximate surface area is 159 Å². The van der Waals surface area contributed by atoms with E-state index in [1.165, 1.54) is 23.3 Å². The van der Waals surface area contributed by atoms with Gasteiger partial charge in [0.15, 0.2) is 10.2 Å². The minimum absolute atomic E-state index is 0.107. The SMILES string of the molecule is COc1ccc(-c2nsc(SCC(=O)Nc3cccc(OC)c3)n2)cc1. The number of hydrogen-bond acceptors (Lipinski definition) is 7. The molecule has 0 saturated heterocycles. The monoisotopic (exact) mass is 387 g/mol. The lowest BCUT2D eigenvalue weighted by molar-refractivity contribution is -0.113. The highest BCUT2D eigenvalue weighted by Crippen LogP contribution is 2.26. The fourth-order valence-corrected chi connectivity index (χ4v) is 3.57. The summed E-state index contributed by atoms with van der Waals surface area (Å²) in [5, 5.41) is 2.84. The second-order valence-electron chi connectivity index (χ2n) is 5.18. The van der Waals surface area contributed by atoms with E-state index in [9.17, 15) is 4.79 Å². The molecule has 0 bridgehead atoms. The molecule has 1 N–H and O–H groups in total. The minimum atomic E-state index is -0.107. The first-order valence-electron chi connectivity index (χ1n) is 7.73. The Bertz CT molecular complexity index is 881. The van der Waals surface area contributed by atoms with Crippen molar-refractivity contribution in [3.8, 4) is 22.9 Å². The molecule has 0 aliphatic rings. The second-order valence-corrected chi connectivity index (χ2v) is 7.16. The standard InChI is InChI=1S/C18H17N3O3S2/c1-23-14-8-6-12(7-9-14)17-20-18(26-21-17)25-11-16(22)19-13-4-3-5-15(10-13)24-2/h3-10H,11H2,1-2H3,(H,19,22). The smallest absolute Gasteiger partial charge is 0.234 e. The lowest BCUT2D eigenvalue weighted by Gasteiger charge is -2.06. The van der Waals surface area contributed by atoms with Gasteiger partial charge < -0.3 is 14.8 Å². The maximum Gasteiger partial charge on any atom is 0.234 e. The first kappa shape index (κ1) is 18.2. The van der Waals surface area contributed by atoms with E-state index in [1.54, 1.807) is 20.3 Å². The highest BCUT2D eigenvalue weighted by atomic mass is 32.2. The first-order valence-corrected chi connectivity index (χ1v) is 9.48. The highest BCUT2D eigenvalue weighted by molar-refractivity contribution is 8.01. The van der Waals surface area contributed by atoms with Crippen molar-refractivity contribution >= 4 is 34.9 Å². The van der Waals surface area contributed by atoms with Crippen LogP contribution in [-0.4, -0.2) is 35.2 Å². The number of thioether (sulfide) groups is 1. The van der Waals surface area contributed by atoms with Crippen molar-refractivity contribution in [2.24, 2.45) is 0 Å². The second kappa shape index (κ2) is 8.68. The molecule has 6 nitrogen and oxygen atoms in total. The van der Waals surface area contributed by atoms with E-state index in [0.717, 1.165) is 15.7 Å². The number of ether oxygens (including phenoxy) is 2. The summed E-state index contributed by atoms with van der Waals surface area (Å²) in [6, 6.07) is 14.8. The molecule has 26 heavy (non-hydrogen) atoms. The molecule has 0 aliphatic heterocycles. The third-order valence-corrected chi connectivity index (χ3v) is 5.27. The number of amides is 1. The van der Waals surface area contributed by atoms with Gasteiger partial charge in [-0.2, -0.15) is 4.37 Å². The molecule has 1 aromatic heterocycles. The number of nitrogens with one attached hydrogen (secondary N) is 1. The summed E-state index contributed by atoms with van der Waals surface area (Å²) in [7, 11) is 3.22. The molecule has 0 saturated carbocycles. The van der Waals surface area contributed by atoms with Crippen molar-refractivity contribution in [1.29, 1.82) is 0 Å². The normalized spacial score (nSPS) is 10.4. The van der Waals surface area contributed by atoms with Crippen molar-refractivity contribution in [3.63, 3.8) is 0 Å². The summed E-state index contributed by atoms with van der Waals surface area (Å²) in [6.07, 6.45) is 0. The van der Waals surface area contributed by atoms with Crippen LogP contribution in [0.25, 0.3) is 11.4 Å². The third kappa shape index (κ3) is 4.74. The summed E-state index contributed by atoms with van der Waals surface area (Å²) in [4.78, 5) is 16.6. The summed E-state index contributed by atoms with van der Waals surface area (Å²) >= 11 is 2.64. The molecule has 3 rings (SSSR count). The molecule has 3 aromatic rings. The Hall–Kier alpha value is -2.58. The number of aromatic nitrogens is 2. The number of hydrogen-bond donors (Lipinski definition) is 1. The van der Waals surface area contributed by atoms with Gasteiger partial charge in [0.1, 0.15) is 11.5 Å². The maximum atomic E-state index is 12.1. The lowest BCUT2D eigenvalue weighted by atomic mass is 10.2. The largest absolute Gasteiger partial charge is 0.497 e. The molecule has 134 valence electrons. The maximum absolute atomic E-state index is 12.1. The summed E-state index contributed by atoms with van der Waals surface area (Å²) < 4.78 is 15.4. The Balaban J connectivity index is 1.56. The zero-order valence-corrected chi connectivity index (χ0v) is 15.9. The molecule has 8 heteroatoms. The van der Waals surface area contributed by atoms with Gasteiger partial charge in [0.05, 0.1) is 20.0 Å². The third-order valence-electron chi connectivity index (χ3n) is 3.44. The van der Waals surface area contributed by atoms with Crippen molar-refractivity contribution in [1.82, 2.24) is 9.36 Å². The Morgan fingerprint density at radius 1 is 1.12 bits per heavy atom. The number of rotatable bonds is 7. The van der Waals surface area contributed by atoms with Crippen LogP contribution in [-0.2, 0) is 4.79 Å². The van der Waals surface area contributed by atoms with Crippen LogP contribution in [0.1, 0.15) is 0 Å². The number of benzene rings is 2. The molecule has 0 atom stereocenters. The molecular weight excluding hydrogens is 370 g/mol. The average molecular weight is 387 g/mol. The van der Waals surface area contributed by atoms with Crippen molar-refractivity contribution in [2.45, 2.75) is 4.34 Å². The van der Waals surface area contributed by atoms with Gasteiger partial charge in [0.2, 0.25) is 5.91 Å². The van der Waals surface area contributed by atoms with E-state index in [4.69, 9.17) is 9.47 Å². The number of carbonyl (C=O) groups is 1. The van der Waals surface area contributed by atoms with Crippen LogP contribution in [0.15, 0.2) is 52.9 Å². The van der Waals surface area contributed by atoms with Gasteiger partial charge >= 0.3 is 0 Å². The van der Waals surface area contributed by atoms with Crippen molar-refractivity contribution in [2.75, 3.05) is 25.3 Å².